The van der Waals surface area contributed by atoms with Crippen LogP contribution in [0.4, 0.5) is 11.5 Å². The molecule has 0 unspecified atom stereocenters. The number of fused-ring (bicyclic) bond motifs is 1. The molecule has 0 amide bonds. The molecule has 0 saturated heterocycles. The van der Waals surface area contributed by atoms with Gasteiger partial charge in [-0.2, -0.15) is 0 Å². The van der Waals surface area contributed by atoms with Gasteiger partial charge in [-0.3, -0.25) is 4.31 Å². The number of benzene rings is 1. The monoisotopic (exact) mass is 363 g/mol. The minimum Gasteiger partial charge on any atom is -0.497 e. The first-order valence-corrected chi connectivity index (χ1v) is 9.41. The Hall–Kier alpha value is -2.48. The molecule has 1 aromatic carbocycles. The van der Waals surface area contributed by atoms with Gasteiger partial charge in [-0.1, -0.05) is 0 Å². The molecule has 134 valence electrons. The van der Waals surface area contributed by atoms with Crippen molar-refractivity contribution in [2.45, 2.75) is 11.8 Å². The molecule has 0 bridgehead atoms. The minimum absolute atomic E-state index is 0.0779. The van der Waals surface area contributed by atoms with Crippen LogP contribution >= 0.6 is 0 Å². The highest BCUT2D eigenvalue weighted by Crippen LogP contribution is 2.37. The van der Waals surface area contributed by atoms with Crippen LogP contribution in [-0.2, 0) is 10.0 Å². The zero-order chi connectivity index (χ0) is 18.0. The highest BCUT2D eigenvalue weighted by molar-refractivity contribution is 7.93. The van der Waals surface area contributed by atoms with E-state index in [1.165, 1.54) is 24.6 Å². The maximum absolute atomic E-state index is 13.3. The predicted octanol–water partition coefficient (Wildman–Crippen LogP) is 2.13. The molecule has 0 fully saturated rings. The molecule has 0 N–H and O–H groups in total. The molecule has 8 heteroatoms. The molecule has 7 nitrogen and oxygen atoms in total. The fraction of sp³-hybridized carbons (Fsp3) is 0.353. The molecule has 0 atom stereocenters. The number of likely N-dealkylation sites (N-methyl/N-ethyl adjacent to an activating group) is 1. The van der Waals surface area contributed by atoms with E-state index < -0.39 is 10.0 Å². The fourth-order valence-corrected chi connectivity index (χ4v) is 4.56. The van der Waals surface area contributed by atoms with Crippen molar-refractivity contribution in [3.8, 4) is 11.5 Å². The van der Waals surface area contributed by atoms with Gasteiger partial charge in [-0.25, -0.2) is 13.4 Å². The Balaban J connectivity index is 2.13. The van der Waals surface area contributed by atoms with Gasteiger partial charge in [0, 0.05) is 25.4 Å². The summed E-state index contributed by atoms with van der Waals surface area (Å²) >= 11 is 0. The quantitative estimate of drug-likeness (QED) is 0.810. The van der Waals surface area contributed by atoms with Crippen molar-refractivity contribution >= 4 is 21.5 Å². The number of nitrogens with zero attached hydrogens (tertiary/aromatic N) is 3. The van der Waals surface area contributed by atoms with Gasteiger partial charge in [0.2, 0.25) is 0 Å². The number of pyridine rings is 1. The van der Waals surface area contributed by atoms with Crippen LogP contribution in [0.3, 0.4) is 0 Å². The van der Waals surface area contributed by atoms with Crippen molar-refractivity contribution < 1.29 is 17.9 Å². The van der Waals surface area contributed by atoms with Crippen molar-refractivity contribution in [1.29, 1.82) is 0 Å². The second-order valence-corrected chi connectivity index (χ2v) is 7.35. The van der Waals surface area contributed by atoms with Gasteiger partial charge < -0.3 is 14.4 Å². The van der Waals surface area contributed by atoms with Crippen LogP contribution in [-0.4, -0.2) is 47.3 Å². The van der Waals surface area contributed by atoms with Crippen LogP contribution in [0.15, 0.2) is 41.4 Å². The molecule has 1 aromatic heterocycles. The molecule has 3 rings (SSSR count). The Bertz CT molecular complexity index is 870. The number of hydrogen-bond acceptors (Lipinski definition) is 6. The molecule has 1 aliphatic rings. The lowest BCUT2D eigenvalue weighted by molar-refractivity contribution is 0.392. The van der Waals surface area contributed by atoms with E-state index in [-0.39, 0.29) is 10.6 Å². The van der Waals surface area contributed by atoms with Crippen LogP contribution in [0.5, 0.6) is 11.5 Å². The molecule has 0 aliphatic carbocycles. The second-order valence-electron chi connectivity index (χ2n) is 5.52. The van der Waals surface area contributed by atoms with Crippen LogP contribution in [0.2, 0.25) is 0 Å². The number of aromatic nitrogens is 1. The lowest BCUT2D eigenvalue weighted by Gasteiger charge is -2.36. The van der Waals surface area contributed by atoms with E-state index >= 15 is 0 Å². The number of rotatable bonds is 5. The van der Waals surface area contributed by atoms with E-state index in [1.54, 1.807) is 30.5 Å². The van der Waals surface area contributed by atoms with Gasteiger partial charge in [0.15, 0.2) is 5.82 Å². The normalized spacial score (nSPS) is 14.2. The average molecular weight is 363 g/mol. The van der Waals surface area contributed by atoms with Crippen LogP contribution in [0.1, 0.15) is 6.92 Å². The number of hydrogen-bond donors (Lipinski definition) is 0. The number of methoxy groups -OCH3 is 2. The SMILES string of the molecule is CCN1CCN(S(=O)(=O)c2cc(OC)ccc2OC)c2cccnc21. The summed E-state index contributed by atoms with van der Waals surface area (Å²) < 4.78 is 38.5. The summed E-state index contributed by atoms with van der Waals surface area (Å²) in [6.07, 6.45) is 1.67. The van der Waals surface area contributed by atoms with Gasteiger partial charge in [0.25, 0.3) is 10.0 Å². The topological polar surface area (TPSA) is 72.0 Å². The summed E-state index contributed by atoms with van der Waals surface area (Å²) in [6, 6.07) is 8.26. The van der Waals surface area contributed by atoms with Crippen molar-refractivity contribution in [3.63, 3.8) is 0 Å². The van der Waals surface area contributed by atoms with Crippen molar-refractivity contribution in [2.75, 3.05) is 43.1 Å². The smallest absolute Gasteiger partial charge is 0.268 e. The molecular weight excluding hydrogens is 342 g/mol. The van der Waals surface area contributed by atoms with Gasteiger partial charge in [0.1, 0.15) is 16.4 Å². The Morgan fingerprint density at radius 3 is 2.64 bits per heavy atom. The van der Waals surface area contributed by atoms with E-state index in [4.69, 9.17) is 9.47 Å². The Morgan fingerprint density at radius 1 is 1.16 bits per heavy atom. The van der Waals surface area contributed by atoms with E-state index in [0.29, 0.717) is 30.3 Å². The summed E-state index contributed by atoms with van der Waals surface area (Å²) in [5.74, 6) is 1.41. The molecule has 25 heavy (non-hydrogen) atoms. The molecule has 0 radical (unpaired) electrons. The summed E-state index contributed by atoms with van der Waals surface area (Å²) in [4.78, 5) is 6.51. The zero-order valence-electron chi connectivity index (χ0n) is 14.5. The molecule has 0 saturated carbocycles. The highest BCUT2D eigenvalue weighted by atomic mass is 32.2. The molecule has 0 spiro atoms. The second kappa shape index (κ2) is 6.79. The molecular formula is C17H21N3O4S. The maximum Gasteiger partial charge on any atom is 0.268 e. The number of anilines is 2. The first-order valence-electron chi connectivity index (χ1n) is 7.97. The summed E-state index contributed by atoms with van der Waals surface area (Å²) in [5.41, 5.74) is 0.570. The van der Waals surface area contributed by atoms with Gasteiger partial charge in [0.05, 0.1) is 26.5 Å². The third kappa shape index (κ3) is 2.97. The van der Waals surface area contributed by atoms with Crippen LogP contribution < -0.4 is 18.7 Å². The Kier molecular flexibility index (Phi) is 4.71. The zero-order valence-corrected chi connectivity index (χ0v) is 15.3. The maximum atomic E-state index is 13.3. The van der Waals surface area contributed by atoms with E-state index in [0.717, 1.165) is 6.54 Å². The van der Waals surface area contributed by atoms with Gasteiger partial charge >= 0.3 is 0 Å². The largest absolute Gasteiger partial charge is 0.497 e. The Labute approximate surface area is 147 Å². The Morgan fingerprint density at radius 2 is 1.96 bits per heavy atom. The average Bonchev–Trinajstić information content (AvgIpc) is 2.66. The lowest BCUT2D eigenvalue weighted by atomic mass is 10.3. The van der Waals surface area contributed by atoms with E-state index in [2.05, 4.69) is 9.88 Å². The van der Waals surface area contributed by atoms with Crippen molar-refractivity contribution in [3.05, 3.63) is 36.5 Å². The molecule has 2 aromatic rings. The summed E-state index contributed by atoms with van der Waals surface area (Å²) in [6.45, 7) is 3.70. The fourth-order valence-electron chi connectivity index (χ4n) is 2.93. The number of sulfonamides is 1. The van der Waals surface area contributed by atoms with Crippen LogP contribution in [0, 0.1) is 0 Å². The van der Waals surface area contributed by atoms with E-state index in [9.17, 15) is 8.42 Å². The van der Waals surface area contributed by atoms with Crippen molar-refractivity contribution in [2.24, 2.45) is 0 Å². The highest BCUT2D eigenvalue weighted by Gasteiger charge is 2.34. The minimum atomic E-state index is -3.82. The summed E-state index contributed by atoms with van der Waals surface area (Å²) in [7, 11) is -0.874. The standard InChI is InChI=1S/C17H21N3O4S/c1-4-19-10-11-20(14-6-5-9-18-17(14)19)25(21,22)16-12-13(23-2)7-8-15(16)24-3/h5-9,12H,4,10-11H2,1-3H3. The third-order valence-corrected chi connectivity index (χ3v) is 6.06. The van der Waals surface area contributed by atoms with Crippen molar-refractivity contribution in [1.82, 2.24) is 4.98 Å². The molecule has 2 heterocycles. The third-order valence-electron chi connectivity index (χ3n) is 4.23. The lowest BCUT2D eigenvalue weighted by Crippen LogP contribution is -2.44. The first kappa shape index (κ1) is 17.3. The van der Waals surface area contributed by atoms with Crippen LogP contribution in [0.25, 0.3) is 0 Å². The van der Waals surface area contributed by atoms with E-state index in [1.807, 2.05) is 6.92 Å². The van der Waals surface area contributed by atoms with Gasteiger partial charge in [-0.05, 0) is 31.2 Å². The predicted molar refractivity (Wildman–Crippen MR) is 96.2 cm³/mol. The summed E-state index contributed by atoms with van der Waals surface area (Å²) in [5, 5.41) is 0. The first-order chi connectivity index (χ1) is 12.0. The molecule has 1 aliphatic heterocycles. The number of ether oxygens (including phenoxy) is 2. The van der Waals surface area contributed by atoms with Gasteiger partial charge in [-0.15, -0.1) is 0 Å².